The Hall–Kier alpha value is -1.30. The van der Waals surface area contributed by atoms with E-state index in [-0.39, 0.29) is 12.5 Å². The van der Waals surface area contributed by atoms with Crippen molar-refractivity contribution < 1.29 is 14.7 Å². The molecule has 0 aliphatic heterocycles. The molecule has 0 aliphatic carbocycles. The van der Waals surface area contributed by atoms with Crippen molar-refractivity contribution >= 4 is 12.0 Å². The van der Waals surface area contributed by atoms with E-state index in [1.165, 1.54) is 0 Å². The van der Waals surface area contributed by atoms with E-state index in [9.17, 15) is 9.59 Å². The lowest BCUT2D eigenvalue weighted by Crippen LogP contribution is -2.37. The Balaban J connectivity index is 3.28. The number of carboxylic acid groups (broad SMARTS) is 1. The Morgan fingerprint density at radius 2 is 1.69 bits per heavy atom. The molecular formula is C10H21N3O3. The van der Waals surface area contributed by atoms with Gasteiger partial charge in [0.1, 0.15) is 0 Å². The van der Waals surface area contributed by atoms with Crippen LogP contribution < -0.4 is 10.6 Å². The van der Waals surface area contributed by atoms with Crippen molar-refractivity contribution in [2.24, 2.45) is 0 Å². The first-order valence-corrected chi connectivity index (χ1v) is 5.40. The number of nitrogens with one attached hydrogen (secondary N) is 2. The largest absolute Gasteiger partial charge is 0.481 e. The summed E-state index contributed by atoms with van der Waals surface area (Å²) in [6.07, 6.45) is 1.44. The van der Waals surface area contributed by atoms with E-state index in [0.717, 1.165) is 13.0 Å². The van der Waals surface area contributed by atoms with Crippen molar-refractivity contribution in [2.75, 3.05) is 33.7 Å². The normalized spacial score (nSPS) is 10.2. The van der Waals surface area contributed by atoms with Gasteiger partial charge >= 0.3 is 12.0 Å². The van der Waals surface area contributed by atoms with Crippen LogP contribution in [0.5, 0.6) is 0 Å². The van der Waals surface area contributed by atoms with Crippen LogP contribution in [0.3, 0.4) is 0 Å². The average Bonchev–Trinajstić information content (AvgIpc) is 2.19. The van der Waals surface area contributed by atoms with Gasteiger partial charge in [-0.3, -0.25) is 4.79 Å². The number of hydrogen-bond donors (Lipinski definition) is 3. The number of carbonyl (C=O) groups is 2. The maximum atomic E-state index is 11.1. The molecule has 0 fully saturated rings. The van der Waals surface area contributed by atoms with Crippen molar-refractivity contribution in [1.82, 2.24) is 15.5 Å². The van der Waals surface area contributed by atoms with Gasteiger partial charge in [0.25, 0.3) is 0 Å². The number of hydrogen-bond acceptors (Lipinski definition) is 3. The van der Waals surface area contributed by atoms with E-state index < -0.39 is 5.97 Å². The summed E-state index contributed by atoms with van der Waals surface area (Å²) in [6, 6.07) is -0.232. The van der Waals surface area contributed by atoms with E-state index in [1.807, 2.05) is 19.0 Å². The van der Waals surface area contributed by atoms with Crippen LogP contribution in [0.2, 0.25) is 0 Å². The monoisotopic (exact) mass is 231 g/mol. The van der Waals surface area contributed by atoms with Crippen LogP contribution in [0.1, 0.15) is 19.3 Å². The second-order valence-electron chi connectivity index (χ2n) is 3.84. The average molecular weight is 231 g/mol. The number of nitrogens with zero attached hydrogens (tertiary/aromatic N) is 1. The number of aliphatic carboxylic acids is 1. The lowest BCUT2D eigenvalue weighted by Gasteiger charge is -2.10. The SMILES string of the molecule is CN(C)CCCNC(=O)NCCCC(=O)O. The molecule has 3 N–H and O–H groups in total. The van der Waals surface area contributed by atoms with Crippen LogP contribution in [0.15, 0.2) is 0 Å². The Morgan fingerprint density at radius 3 is 2.19 bits per heavy atom. The highest BCUT2D eigenvalue weighted by molar-refractivity contribution is 5.73. The first-order valence-electron chi connectivity index (χ1n) is 5.40. The molecule has 0 heterocycles. The summed E-state index contributed by atoms with van der Waals surface area (Å²) in [4.78, 5) is 23.4. The number of carbonyl (C=O) groups excluding carboxylic acids is 1. The van der Waals surface area contributed by atoms with Gasteiger partial charge in [-0.05, 0) is 33.5 Å². The minimum Gasteiger partial charge on any atom is -0.481 e. The van der Waals surface area contributed by atoms with Crippen LogP contribution in [0.25, 0.3) is 0 Å². The third-order valence-electron chi connectivity index (χ3n) is 1.92. The van der Waals surface area contributed by atoms with Crippen molar-refractivity contribution in [3.8, 4) is 0 Å². The molecule has 16 heavy (non-hydrogen) atoms. The minimum atomic E-state index is -0.840. The van der Waals surface area contributed by atoms with E-state index in [2.05, 4.69) is 10.6 Å². The van der Waals surface area contributed by atoms with Gasteiger partial charge < -0.3 is 20.6 Å². The van der Waals surface area contributed by atoms with Crippen LogP contribution in [0.4, 0.5) is 4.79 Å². The Bertz CT molecular complexity index is 219. The highest BCUT2D eigenvalue weighted by atomic mass is 16.4. The zero-order valence-electron chi connectivity index (χ0n) is 9.95. The second kappa shape index (κ2) is 8.96. The smallest absolute Gasteiger partial charge is 0.314 e. The highest BCUT2D eigenvalue weighted by Gasteiger charge is 2.00. The molecule has 2 amide bonds. The van der Waals surface area contributed by atoms with Gasteiger partial charge in [0.2, 0.25) is 0 Å². The fourth-order valence-corrected chi connectivity index (χ4v) is 1.10. The fraction of sp³-hybridized carbons (Fsp3) is 0.800. The molecule has 0 aliphatic rings. The van der Waals surface area contributed by atoms with Crippen LogP contribution >= 0.6 is 0 Å². The van der Waals surface area contributed by atoms with Gasteiger partial charge in [-0.2, -0.15) is 0 Å². The minimum absolute atomic E-state index is 0.0842. The van der Waals surface area contributed by atoms with Gasteiger partial charge in [0.05, 0.1) is 0 Å². The summed E-state index contributed by atoms with van der Waals surface area (Å²) < 4.78 is 0. The molecule has 6 heteroatoms. The zero-order chi connectivity index (χ0) is 12.4. The molecule has 94 valence electrons. The molecule has 0 aromatic heterocycles. The Morgan fingerprint density at radius 1 is 1.12 bits per heavy atom. The first kappa shape index (κ1) is 14.7. The maximum absolute atomic E-state index is 11.1. The lowest BCUT2D eigenvalue weighted by atomic mass is 10.3. The topological polar surface area (TPSA) is 81.7 Å². The summed E-state index contributed by atoms with van der Waals surface area (Å²) >= 11 is 0. The molecule has 0 spiro atoms. The molecule has 0 aromatic rings. The lowest BCUT2D eigenvalue weighted by molar-refractivity contribution is -0.137. The summed E-state index contributed by atoms with van der Waals surface area (Å²) in [5.74, 6) is -0.840. The molecular weight excluding hydrogens is 210 g/mol. The fourth-order valence-electron chi connectivity index (χ4n) is 1.10. The van der Waals surface area contributed by atoms with E-state index >= 15 is 0 Å². The van der Waals surface area contributed by atoms with Crippen molar-refractivity contribution in [1.29, 1.82) is 0 Å². The number of urea groups is 1. The first-order chi connectivity index (χ1) is 7.52. The van der Waals surface area contributed by atoms with Crippen LogP contribution in [-0.4, -0.2) is 55.7 Å². The molecule has 0 unspecified atom stereocenters. The Kier molecular flexibility index (Phi) is 8.24. The molecule has 0 aromatic carbocycles. The summed E-state index contributed by atoms with van der Waals surface area (Å²) in [7, 11) is 3.96. The van der Waals surface area contributed by atoms with Crippen molar-refractivity contribution in [3.05, 3.63) is 0 Å². The third kappa shape index (κ3) is 10.8. The Labute approximate surface area is 96.0 Å². The quantitative estimate of drug-likeness (QED) is 0.518. The van der Waals surface area contributed by atoms with Gasteiger partial charge in [0, 0.05) is 19.5 Å². The van der Waals surface area contributed by atoms with Gasteiger partial charge in [-0.1, -0.05) is 0 Å². The summed E-state index contributed by atoms with van der Waals surface area (Å²) in [5.41, 5.74) is 0. The number of amides is 2. The predicted octanol–water partition coefficient (Wildman–Crippen LogP) is 0.102. The number of rotatable bonds is 8. The number of carboxylic acids is 1. The molecule has 0 rings (SSSR count). The standard InChI is InChI=1S/C10H21N3O3/c1-13(2)8-4-7-12-10(16)11-6-3-5-9(14)15/h3-8H2,1-2H3,(H,14,15)(H2,11,12,16). The van der Waals surface area contributed by atoms with Crippen LogP contribution in [-0.2, 0) is 4.79 Å². The maximum Gasteiger partial charge on any atom is 0.314 e. The van der Waals surface area contributed by atoms with E-state index in [1.54, 1.807) is 0 Å². The summed E-state index contributed by atoms with van der Waals surface area (Å²) in [6.45, 7) is 1.95. The van der Waals surface area contributed by atoms with E-state index in [0.29, 0.717) is 19.5 Å². The zero-order valence-corrected chi connectivity index (χ0v) is 9.95. The molecule has 6 nitrogen and oxygen atoms in total. The predicted molar refractivity (Wildman–Crippen MR) is 61.4 cm³/mol. The van der Waals surface area contributed by atoms with Gasteiger partial charge in [0.15, 0.2) is 0 Å². The second-order valence-corrected chi connectivity index (χ2v) is 3.84. The van der Waals surface area contributed by atoms with Crippen molar-refractivity contribution in [3.63, 3.8) is 0 Å². The van der Waals surface area contributed by atoms with Crippen molar-refractivity contribution in [2.45, 2.75) is 19.3 Å². The molecule has 0 atom stereocenters. The van der Waals surface area contributed by atoms with Gasteiger partial charge in [-0.15, -0.1) is 0 Å². The molecule has 0 radical (unpaired) electrons. The van der Waals surface area contributed by atoms with Crippen LogP contribution in [0, 0.1) is 0 Å². The third-order valence-corrected chi connectivity index (χ3v) is 1.92. The molecule has 0 saturated carbocycles. The summed E-state index contributed by atoms with van der Waals surface area (Å²) in [5, 5.41) is 13.7. The molecule has 0 bridgehead atoms. The van der Waals surface area contributed by atoms with E-state index in [4.69, 9.17) is 5.11 Å². The highest BCUT2D eigenvalue weighted by Crippen LogP contribution is 1.86. The van der Waals surface area contributed by atoms with Gasteiger partial charge in [-0.25, -0.2) is 4.79 Å². The molecule has 0 saturated heterocycles.